The Labute approximate surface area is 276 Å². The van der Waals surface area contributed by atoms with E-state index in [2.05, 4.69) is 27.4 Å². The van der Waals surface area contributed by atoms with Crippen molar-refractivity contribution in [1.82, 2.24) is 20.4 Å². The molecule has 46 heavy (non-hydrogen) atoms. The molecule has 1 aliphatic rings. The fourth-order valence-electron chi connectivity index (χ4n) is 5.92. The van der Waals surface area contributed by atoms with Crippen LogP contribution in [0.1, 0.15) is 77.2 Å². The van der Waals surface area contributed by atoms with Crippen LogP contribution in [0.2, 0.25) is 0 Å². The lowest BCUT2D eigenvalue weighted by atomic mass is 9.82. The van der Waals surface area contributed by atoms with E-state index in [9.17, 15) is 24.6 Å². The van der Waals surface area contributed by atoms with Gasteiger partial charge >= 0.3 is 0 Å². The molecule has 0 aromatic heterocycles. The third-order valence-electron chi connectivity index (χ3n) is 9.27. The lowest BCUT2D eigenvalue weighted by molar-refractivity contribution is -0.137. The van der Waals surface area contributed by atoms with Gasteiger partial charge in [0.15, 0.2) is 0 Å². The van der Waals surface area contributed by atoms with E-state index in [1.807, 2.05) is 44.3 Å². The highest BCUT2D eigenvalue weighted by Gasteiger charge is 2.35. The Morgan fingerprint density at radius 2 is 1.67 bits per heavy atom. The summed E-state index contributed by atoms with van der Waals surface area (Å²) in [5.41, 5.74) is 0.895. The van der Waals surface area contributed by atoms with E-state index in [1.54, 1.807) is 18.9 Å². The molecule has 0 aliphatic heterocycles. The summed E-state index contributed by atoms with van der Waals surface area (Å²) in [6, 6.07) is 7.60. The maximum atomic E-state index is 13.9. The fraction of sp³-hybridized carbons (Fsp3) is 0.649. The van der Waals surface area contributed by atoms with Gasteiger partial charge in [-0.3, -0.25) is 14.4 Å². The van der Waals surface area contributed by atoms with Crippen LogP contribution in [0.5, 0.6) is 0 Å². The summed E-state index contributed by atoms with van der Waals surface area (Å²) in [5, 5.41) is 27.6. The first-order valence-electron chi connectivity index (χ1n) is 16.8. The van der Waals surface area contributed by atoms with Crippen molar-refractivity contribution < 1.29 is 24.6 Å². The number of hydrogen-bond acceptors (Lipinski definition) is 6. The number of nitrogens with zero attached hydrogens (tertiary/aromatic N) is 2. The van der Waals surface area contributed by atoms with Gasteiger partial charge < -0.3 is 30.6 Å². The first kappa shape index (κ1) is 38.8. The molecule has 1 fully saturated rings. The molecule has 9 nitrogen and oxygen atoms in total. The summed E-state index contributed by atoms with van der Waals surface area (Å²) >= 11 is 0. The van der Waals surface area contributed by atoms with Gasteiger partial charge in [0.25, 0.3) is 0 Å². The minimum atomic E-state index is -1.23. The van der Waals surface area contributed by atoms with Crippen LogP contribution in [0.15, 0.2) is 30.3 Å². The van der Waals surface area contributed by atoms with Crippen LogP contribution in [-0.4, -0.2) is 95.8 Å². The van der Waals surface area contributed by atoms with Gasteiger partial charge in [-0.25, -0.2) is 0 Å². The third-order valence-corrected chi connectivity index (χ3v) is 9.27. The number of hydrogen-bond donors (Lipinski definition) is 4. The Hall–Kier alpha value is -3.37. The first-order valence-corrected chi connectivity index (χ1v) is 16.8. The van der Waals surface area contributed by atoms with Gasteiger partial charge in [-0.1, -0.05) is 69.4 Å². The molecule has 0 heterocycles. The molecular weight excluding hydrogens is 580 g/mol. The predicted molar refractivity (Wildman–Crippen MR) is 182 cm³/mol. The Balaban J connectivity index is 2.26. The second-order valence-electron chi connectivity index (χ2n) is 12.9. The van der Waals surface area contributed by atoms with E-state index in [1.165, 1.54) is 0 Å². The van der Waals surface area contributed by atoms with Gasteiger partial charge in [0.1, 0.15) is 12.1 Å². The summed E-state index contributed by atoms with van der Waals surface area (Å²) in [5.74, 6) is 2.79. The van der Waals surface area contributed by atoms with Crippen LogP contribution in [0, 0.1) is 42.4 Å². The number of carbonyl (C=O) groups excluding carboxylic acids is 3. The molecule has 0 spiro atoms. The molecule has 4 N–H and O–H groups in total. The molecule has 1 aromatic rings. The van der Waals surface area contributed by atoms with Gasteiger partial charge in [0.2, 0.25) is 17.7 Å². The maximum Gasteiger partial charge on any atom is 0.244 e. The number of rotatable bonds is 19. The Bertz CT molecular complexity index is 1160. The smallest absolute Gasteiger partial charge is 0.244 e. The first-order chi connectivity index (χ1) is 22.0. The summed E-state index contributed by atoms with van der Waals surface area (Å²) in [7, 11) is 3.72. The minimum Gasteiger partial charge on any atom is -0.390 e. The van der Waals surface area contributed by atoms with Crippen LogP contribution in [0.4, 0.5) is 0 Å². The van der Waals surface area contributed by atoms with Gasteiger partial charge in [-0.2, -0.15) is 0 Å². The molecule has 6 atom stereocenters. The quantitative estimate of drug-likeness (QED) is 0.173. The van der Waals surface area contributed by atoms with E-state index in [0.29, 0.717) is 38.3 Å². The average molecular weight is 637 g/mol. The van der Waals surface area contributed by atoms with Gasteiger partial charge in [0, 0.05) is 38.9 Å². The molecule has 254 valence electrons. The molecule has 2 rings (SSSR count). The lowest BCUT2D eigenvalue weighted by Gasteiger charge is -2.34. The molecule has 0 radical (unpaired) electrons. The largest absolute Gasteiger partial charge is 0.390 e. The van der Waals surface area contributed by atoms with Gasteiger partial charge in [0.05, 0.1) is 18.1 Å². The number of amides is 3. The van der Waals surface area contributed by atoms with Gasteiger partial charge in [-0.05, 0) is 51.3 Å². The topological polar surface area (TPSA) is 122 Å². The third kappa shape index (κ3) is 13.2. The van der Waals surface area contributed by atoms with Crippen LogP contribution < -0.4 is 10.6 Å². The number of terminal acetylenes is 2. The summed E-state index contributed by atoms with van der Waals surface area (Å²) in [6.45, 7) is 5.82. The standard InChI is InChI=1S/C37H56N4O5/c1-7-10-21-32(42)35(44)31(25-29-19-15-12-16-20-29)38-37(46)34(27(4)8-2)39-36(45)30(24-28-17-13-11-14-18-28)26-33(43)41(6)23-22-40(5)9-3/h1-2,11,13-14,17-18,27,29-32,34-35,42,44H,9-10,12,15-16,19-26H2,3-6H3,(H,38,46)(H,39,45)/t27?,30?,31?,32?,34-,35+/m0/s1. The number of carbonyl (C=O) groups is 3. The summed E-state index contributed by atoms with van der Waals surface area (Å²) < 4.78 is 0. The van der Waals surface area contributed by atoms with E-state index >= 15 is 0 Å². The number of nitrogens with one attached hydrogen (secondary N) is 2. The highest BCUT2D eigenvalue weighted by atomic mass is 16.3. The number of aliphatic hydroxyl groups excluding tert-OH is 2. The van der Waals surface area contributed by atoms with Crippen LogP contribution >= 0.6 is 0 Å². The number of benzene rings is 1. The molecule has 1 aliphatic carbocycles. The molecule has 1 saturated carbocycles. The van der Waals surface area contributed by atoms with E-state index in [-0.39, 0.29) is 18.7 Å². The Morgan fingerprint density at radius 3 is 2.28 bits per heavy atom. The normalized spacial score (nSPS) is 17.4. The van der Waals surface area contributed by atoms with E-state index < -0.39 is 47.9 Å². The van der Waals surface area contributed by atoms with Crippen molar-refractivity contribution in [3.05, 3.63) is 35.9 Å². The van der Waals surface area contributed by atoms with Crippen molar-refractivity contribution in [3.8, 4) is 24.7 Å². The van der Waals surface area contributed by atoms with Crippen molar-refractivity contribution in [2.75, 3.05) is 33.7 Å². The number of likely N-dealkylation sites (N-methyl/N-ethyl adjacent to an activating group) is 2. The zero-order chi connectivity index (χ0) is 34.1. The van der Waals surface area contributed by atoms with Crippen molar-refractivity contribution in [1.29, 1.82) is 0 Å². The van der Waals surface area contributed by atoms with Crippen molar-refractivity contribution in [3.63, 3.8) is 0 Å². The van der Waals surface area contributed by atoms with Crippen molar-refractivity contribution in [2.24, 2.45) is 17.8 Å². The number of aliphatic hydroxyl groups is 2. The zero-order valence-corrected chi connectivity index (χ0v) is 28.3. The predicted octanol–water partition coefficient (Wildman–Crippen LogP) is 2.99. The highest BCUT2D eigenvalue weighted by molar-refractivity contribution is 5.91. The van der Waals surface area contributed by atoms with Crippen LogP contribution in [-0.2, 0) is 20.8 Å². The molecule has 0 saturated heterocycles. The van der Waals surface area contributed by atoms with Crippen molar-refractivity contribution in [2.45, 2.75) is 102 Å². The molecule has 1 aromatic carbocycles. The summed E-state index contributed by atoms with van der Waals surface area (Å²) in [6.07, 6.45) is 15.4. The Morgan fingerprint density at radius 1 is 1.00 bits per heavy atom. The molecule has 4 unspecified atom stereocenters. The Kier molecular flexibility index (Phi) is 17.5. The summed E-state index contributed by atoms with van der Waals surface area (Å²) in [4.78, 5) is 44.7. The monoisotopic (exact) mass is 636 g/mol. The SMILES string of the molecule is C#CCCC(O)[C@H](O)C(CC1CCCCC1)NC(=O)[C@@H](NC(=O)C(CC(=O)N(C)CCN(C)CC)Cc1ccccc1)C(C)C#C. The van der Waals surface area contributed by atoms with Crippen LogP contribution in [0.3, 0.4) is 0 Å². The lowest BCUT2D eigenvalue weighted by Crippen LogP contribution is -2.57. The second-order valence-corrected chi connectivity index (χ2v) is 12.9. The fourth-order valence-corrected chi connectivity index (χ4v) is 5.92. The van der Waals surface area contributed by atoms with Crippen molar-refractivity contribution >= 4 is 17.7 Å². The average Bonchev–Trinajstić information content (AvgIpc) is 3.07. The van der Waals surface area contributed by atoms with E-state index in [0.717, 1.165) is 44.2 Å². The maximum absolute atomic E-state index is 13.9. The second kappa shape index (κ2) is 20.7. The zero-order valence-electron chi connectivity index (χ0n) is 28.3. The highest BCUT2D eigenvalue weighted by Crippen LogP contribution is 2.29. The molecule has 0 bridgehead atoms. The van der Waals surface area contributed by atoms with Gasteiger partial charge in [-0.15, -0.1) is 24.7 Å². The molecular formula is C37H56N4O5. The molecule has 3 amide bonds. The molecule has 9 heteroatoms. The minimum absolute atomic E-state index is 0.0315. The van der Waals surface area contributed by atoms with Crippen LogP contribution in [0.25, 0.3) is 0 Å². The van der Waals surface area contributed by atoms with E-state index in [4.69, 9.17) is 12.8 Å².